The van der Waals surface area contributed by atoms with Crippen LogP contribution in [0.25, 0.3) is 0 Å². The Morgan fingerprint density at radius 2 is 1.76 bits per heavy atom. The molecule has 1 aromatic carbocycles. The number of hydrogen-bond donors (Lipinski definition) is 1. The molecule has 0 aliphatic heterocycles. The highest BCUT2D eigenvalue weighted by atomic mass is 16.5. The number of nitrogens with one attached hydrogen (secondary N) is 1. The summed E-state index contributed by atoms with van der Waals surface area (Å²) in [4.78, 5) is 27.2. The van der Waals surface area contributed by atoms with Crippen molar-refractivity contribution < 1.29 is 19.1 Å². The molecule has 0 bridgehead atoms. The second-order valence-electron chi connectivity index (χ2n) is 5.71. The molecule has 1 aromatic heterocycles. The molecule has 0 saturated carbocycles. The number of carbonyl (C=O) groups excluding carboxylic acids is 2. The Balaban J connectivity index is 2.13. The molecule has 0 aliphatic carbocycles. The number of aromatic amines is 1. The van der Waals surface area contributed by atoms with Crippen LogP contribution in [0.5, 0.6) is 0 Å². The van der Waals surface area contributed by atoms with Gasteiger partial charge in [-0.15, -0.1) is 0 Å². The second-order valence-corrected chi connectivity index (χ2v) is 5.71. The second kappa shape index (κ2) is 9.67. The third-order valence-corrected chi connectivity index (χ3v) is 4.01. The maximum absolute atomic E-state index is 12.4. The first-order chi connectivity index (χ1) is 12.2. The van der Waals surface area contributed by atoms with Crippen LogP contribution in [0, 0.1) is 0 Å². The molecule has 0 radical (unpaired) electrons. The lowest BCUT2D eigenvalue weighted by atomic mass is 9.92. The zero-order valence-electron chi connectivity index (χ0n) is 14.8. The first-order valence-electron chi connectivity index (χ1n) is 8.68. The summed E-state index contributed by atoms with van der Waals surface area (Å²) in [6.07, 6.45) is 3.26. The Kier molecular flexibility index (Phi) is 7.26. The maximum atomic E-state index is 12.4. The number of benzene rings is 1. The van der Waals surface area contributed by atoms with E-state index in [4.69, 9.17) is 9.47 Å². The molecule has 0 fully saturated rings. The molecule has 1 unspecified atom stereocenters. The number of esters is 2. The summed E-state index contributed by atoms with van der Waals surface area (Å²) in [5.74, 6) is -0.819. The smallest absolute Gasteiger partial charge is 0.313 e. The Morgan fingerprint density at radius 3 is 2.44 bits per heavy atom. The summed E-state index contributed by atoms with van der Waals surface area (Å²) in [6, 6.07) is 11.6. The van der Waals surface area contributed by atoms with E-state index < -0.39 is 0 Å². The van der Waals surface area contributed by atoms with Crippen molar-refractivity contribution in [2.45, 2.75) is 39.0 Å². The Hall–Kier alpha value is -2.56. The number of H-pyrrole nitrogens is 1. The molecule has 1 N–H and O–H groups in total. The van der Waals surface area contributed by atoms with Gasteiger partial charge in [0.25, 0.3) is 0 Å². The number of carbonyl (C=O) groups is 2. The van der Waals surface area contributed by atoms with Crippen molar-refractivity contribution in [2.24, 2.45) is 0 Å². The van der Waals surface area contributed by atoms with Crippen molar-refractivity contribution in [3.05, 3.63) is 59.4 Å². The first-order valence-corrected chi connectivity index (χ1v) is 8.68. The van der Waals surface area contributed by atoms with Crippen LogP contribution in [-0.4, -0.2) is 30.1 Å². The van der Waals surface area contributed by atoms with Crippen molar-refractivity contribution >= 4 is 11.9 Å². The van der Waals surface area contributed by atoms with Gasteiger partial charge in [0.1, 0.15) is 0 Å². The molecule has 5 heteroatoms. The van der Waals surface area contributed by atoms with Gasteiger partial charge in [-0.2, -0.15) is 0 Å². The monoisotopic (exact) mass is 343 g/mol. The van der Waals surface area contributed by atoms with Crippen LogP contribution in [0.1, 0.15) is 43.0 Å². The predicted molar refractivity (Wildman–Crippen MR) is 95.3 cm³/mol. The molecule has 25 heavy (non-hydrogen) atoms. The lowest BCUT2D eigenvalue weighted by Crippen LogP contribution is -2.19. The van der Waals surface area contributed by atoms with Gasteiger partial charge in [-0.1, -0.05) is 30.3 Å². The zero-order chi connectivity index (χ0) is 18.1. The fraction of sp³-hybridized carbons (Fsp3) is 0.400. The van der Waals surface area contributed by atoms with Crippen molar-refractivity contribution in [1.82, 2.24) is 4.98 Å². The van der Waals surface area contributed by atoms with Gasteiger partial charge in [0, 0.05) is 24.7 Å². The average Bonchev–Trinajstić information content (AvgIpc) is 3.06. The number of rotatable bonds is 9. The summed E-state index contributed by atoms with van der Waals surface area (Å²) in [6.45, 7) is 4.34. The van der Waals surface area contributed by atoms with Crippen molar-refractivity contribution in [3.8, 4) is 0 Å². The predicted octanol–water partition coefficient (Wildman–Crippen LogP) is 3.40. The van der Waals surface area contributed by atoms with Crippen LogP contribution >= 0.6 is 0 Å². The standard InChI is InChI=1S/C20H25NO4/c1-3-24-19(22)11-10-16-12-13-21-18(16)14-17(20(23)25-4-2)15-8-6-5-7-9-15/h5-9,12-13,17,21H,3-4,10-11,14H2,1-2H3. The summed E-state index contributed by atoms with van der Waals surface area (Å²) >= 11 is 0. The normalized spacial score (nSPS) is 11.8. The van der Waals surface area contributed by atoms with Gasteiger partial charge < -0.3 is 14.5 Å². The van der Waals surface area contributed by atoms with E-state index in [1.807, 2.05) is 42.6 Å². The molecule has 5 nitrogen and oxygen atoms in total. The number of hydrogen-bond acceptors (Lipinski definition) is 4. The van der Waals surface area contributed by atoms with Gasteiger partial charge in [-0.25, -0.2) is 0 Å². The molecular formula is C20H25NO4. The van der Waals surface area contributed by atoms with Crippen LogP contribution in [0.15, 0.2) is 42.6 Å². The number of aryl methyl sites for hydroxylation is 1. The van der Waals surface area contributed by atoms with Crippen molar-refractivity contribution in [2.75, 3.05) is 13.2 Å². The van der Waals surface area contributed by atoms with Crippen LogP contribution in [0.4, 0.5) is 0 Å². The molecule has 1 heterocycles. The molecule has 0 spiro atoms. The molecule has 2 aromatic rings. The Labute approximate surface area is 148 Å². The third-order valence-electron chi connectivity index (χ3n) is 4.01. The number of aromatic nitrogens is 1. The third kappa shape index (κ3) is 5.48. The van der Waals surface area contributed by atoms with E-state index in [1.54, 1.807) is 13.8 Å². The van der Waals surface area contributed by atoms with Gasteiger partial charge in [0.2, 0.25) is 0 Å². The highest BCUT2D eigenvalue weighted by molar-refractivity contribution is 5.78. The number of ether oxygens (including phenoxy) is 2. The highest BCUT2D eigenvalue weighted by Crippen LogP contribution is 2.24. The molecule has 0 amide bonds. The summed E-state index contributed by atoms with van der Waals surface area (Å²) in [5.41, 5.74) is 2.90. The molecule has 0 saturated heterocycles. The fourth-order valence-corrected chi connectivity index (χ4v) is 2.80. The van der Waals surface area contributed by atoms with Gasteiger partial charge in [-0.3, -0.25) is 9.59 Å². The molecule has 2 rings (SSSR count). The quantitative estimate of drug-likeness (QED) is 0.709. The van der Waals surface area contributed by atoms with Crippen LogP contribution in [0.3, 0.4) is 0 Å². The topological polar surface area (TPSA) is 68.4 Å². The van der Waals surface area contributed by atoms with Gasteiger partial charge in [-0.05, 0) is 37.5 Å². The van der Waals surface area contributed by atoms with E-state index in [0.29, 0.717) is 32.5 Å². The van der Waals surface area contributed by atoms with Crippen LogP contribution < -0.4 is 0 Å². The molecule has 134 valence electrons. The minimum Gasteiger partial charge on any atom is -0.466 e. The minimum absolute atomic E-state index is 0.209. The van der Waals surface area contributed by atoms with E-state index in [1.165, 1.54) is 0 Å². The Morgan fingerprint density at radius 1 is 1.04 bits per heavy atom. The molecular weight excluding hydrogens is 318 g/mol. The summed E-state index contributed by atoms with van der Waals surface area (Å²) in [5, 5.41) is 0. The highest BCUT2D eigenvalue weighted by Gasteiger charge is 2.24. The van der Waals surface area contributed by atoms with Gasteiger partial charge in [0.05, 0.1) is 19.1 Å². The summed E-state index contributed by atoms with van der Waals surface area (Å²) in [7, 11) is 0. The lowest BCUT2D eigenvalue weighted by Gasteiger charge is -2.16. The van der Waals surface area contributed by atoms with E-state index in [0.717, 1.165) is 16.8 Å². The average molecular weight is 343 g/mol. The molecule has 0 aliphatic rings. The lowest BCUT2D eigenvalue weighted by molar-refractivity contribution is -0.145. The van der Waals surface area contributed by atoms with Gasteiger partial charge >= 0.3 is 11.9 Å². The fourth-order valence-electron chi connectivity index (χ4n) is 2.80. The minimum atomic E-state index is -0.374. The molecule has 1 atom stereocenters. The SMILES string of the molecule is CCOC(=O)CCc1cc[nH]c1CC(C(=O)OCC)c1ccccc1. The van der Waals surface area contributed by atoms with Gasteiger partial charge in [0.15, 0.2) is 0 Å². The zero-order valence-corrected chi connectivity index (χ0v) is 14.8. The van der Waals surface area contributed by atoms with Crippen molar-refractivity contribution in [1.29, 1.82) is 0 Å². The van der Waals surface area contributed by atoms with E-state index >= 15 is 0 Å². The van der Waals surface area contributed by atoms with Crippen LogP contribution in [0.2, 0.25) is 0 Å². The van der Waals surface area contributed by atoms with Crippen LogP contribution in [-0.2, 0) is 31.9 Å². The maximum Gasteiger partial charge on any atom is 0.313 e. The first kappa shape index (κ1) is 18.8. The van der Waals surface area contributed by atoms with E-state index in [2.05, 4.69) is 4.98 Å². The Bertz CT molecular complexity index is 678. The van der Waals surface area contributed by atoms with E-state index in [9.17, 15) is 9.59 Å². The largest absolute Gasteiger partial charge is 0.466 e. The summed E-state index contributed by atoms with van der Waals surface area (Å²) < 4.78 is 10.2. The van der Waals surface area contributed by atoms with E-state index in [-0.39, 0.29) is 17.9 Å². The van der Waals surface area contributed by atoms with Crippen molar-refractivity contribution in [3.63, 3.8) is 0 Å².